The van der Waals surface area contributed by atoms with Crippen LogP contribution in [0.4, 0.5) is 11.6 Å². The van der Waals surface area contributed by atoms with Gasteiger partial charge in [-0.1, -0.05) is 6.07 Å². The zero-order chi connectivity index (χ0) is 18.4. The maximum Gasteiger partial charge on any atom is 0.225 e. The molecule has 1 aliphatic rings. The molecule has 1 fully saturated rings. The minimum absolute atomic E-state index is 0.00252. The second-order valence-corrected chi connectivity index (χ2v) is 6.38. The van der Waals surface area contributed by atoms with E-state index in [4.69, 9.17) is 4.74 Å². The van der Waals surface area contributed by atoms with E-state index in [0.717, 1.165) is 49.9 Å². The average Bonchev–Trinajstić information content (AvgIpc) is 2.68. The third-order valence-electron chi connectivity index (χ3n) is 4.49. The zero-order valence-corrected chi connectivity index (χ0v) is 15.3. The number of ether oxygens (including phenoxy) is 1. The molecule has 2 heterocycles. The fraction of sp³-hybridized carbons (Fsp3) is 0.421. The van der Waals surface area contributed by atoms with Gasteiger partial charge in [0.2, 0.25) is 11.9 Å². The molecular weight excluding hydrogens is 330 g/mol. The van der Waals surface area contributed by atoms with Gasteiger partial charge in [-0.15, -0.1) is 0 Å². The summed E-state index contributed by atoms with van der Waals surface area (Å²) in [7, 11) is 1.61. The number of carbonyl (C=O) groups excluding carboxylic acids is 1. The van der Waals surface area contributed by atoms with E-state index in [-0.39, 0.29) is 5.91 Å². The Balaban J connectivity index is 1.45. The molecule has 0 saturated carbocycles. The lowest BCUT2D eigenvalue weighted by atomic mass is 10.2. The molecule has 7 heteroatoms. The lowest BCUT2D eigenvalue weighted by Crippen LogP contribution is -2.47. The van der Waals surface area contributed by atoms with Crippen molar-refractivity contribution in [2.75, 3.05) is 50.1 Å². The highest BCUT2D eigenvalue weighted by Crippen LogP contribution is 2.25. The number of carbonyl (C=O) groups is 1. The van der Waals surface area contributed by atoms with Crippen LogP contribution in [0, 0.1) is 6.92 Å². The van der Waals surface area contributed by atoms with Crippen LogP contribution in [0.25, 0.3) is 0 Å². The van der Waals surface area contributed by atoms with Crippen LogP contribution < -0.4 is 15.0 Å². The first kappa shape index (κ1) is 18.1. The second kappa shape index (κ2) is 8.62. The summed E-state index contributed by atoms with van der Waals surface area (Å²) in [5.74, 6) is 1.46. The second-order valence-electron chi connectivity index (χ2n) is 6.38. The molecule has 7 nitrogen and oxygen atoms in total. The molecule has 1 saturated heterocycles. The predicted octanol–water partition coefficient (Wildman–Crippen LogP) is 1.94. The molecule has 1 N–H and O–H groups in total. The summed E-state index contributed by atoms with van der Waals surface area (Å²) >= 11 is 0. The minimum Gasteiger partial charge on any atom is -0.495 e. The van der Waals surface area contributed by atoms with Crippen molar-refractivity contribution < 1.29 is 9.53 Å². The van der Waals surface area contributed by atoms with Crippen molar-refractivity contribution in [1.82, 2.24) is 14.9 Å². The van der Waals surface area contributed by atoms with Crippen LogP contribution in [-0.2, 0) is 4.79 Å². The summed E-state index contributed by atoms with van der Waals surface area (Å²) in [6, 6.07) is 7.58. The lowest BCUT2D eigenvalue weighted by Gasteiger charge is -2.34. The van der Waals surface area contributed by atoms with Crippen molar-refractivity contribution in [3.8, 4) is 5.75 Å². The fourth-order valence-corrected chi connectivity index (χ4v) is 3.02. The van der Waals surface area contributed by atoms with Gasteiger partial charge in [0.05, 0.1) is 12.8 Å². The SMILES string of the molecule is COc1ccc(C)cc1NC(=O)CCN1CCN(c2ncccn2)CC1. The summed E-state index contributed by atoms with van der Waals surface area (Å²) in [5, 5.41) is 2.96. The van der Waals surface area contributed by atoms with E-state index < -0.39 is 0 Å². The van der Waals surface area contributed by atoms with Crippen molar-refractivity contribution in [2.24, 2.45) is 0 Å². The molecule has 1 amide bonds. The minimum atomic E-state index is 0.00252. The standard InChI is InChI=1S/C19H25N5O2/c1-15-4-5-17(26-2)16(14-15)22-18(25)6-9-23-10-12-24(13-11-23)19-20-7-3-8-21-19/h3-5,7-8,14H,6,9-13H2,1-2H3,(H,22,25). The number of piperazine rings is 1. The Kier molecular flexibility index (Phi) is 6.01. The molecule has 0 aliphatic carbocycles. The Labute approximate surface area is 154 Å². The molecule has 0 atom stereocenters. The van der Waals surface area contributed by atoms with E-state index in [9.17, 15) is 4.79 Å². The predicted molar refractivity (Wildman–Crippen MR) is 102 cm³/mol. The van der Waals surface area contributed by atoms with Gasteiger partial charge in [0, 0.05) is 51.5 Å². The molecule has 0 unspecified atom stereocenters. The molecule has 3 rings (SSSR count). The number of methoxy groups -OCH3 is 1. The van der Waals surface area contributed by atoms with Gasteiger partial charge in [-0.3, -0.25) is 9.69 Å². The average molecular weight is 355 g/mol. The van der Waals surface area contributed by atoms with Gasteiger partial charge in [-0.2, -0.15) is 0 Å². The topological polar surface area (TPSA) is 70.6 Å². The van der Waals surface area contributed by atoms with Crippen molar-refractivity contribution in [2.45, 2.75) is 13.3 Å². The van der Waals surface area contributed by atoms with Crippen LogP contribution >= 0.6 is 0 Å². The molecule has 1 aromatic carbocycles. The molecular formula is C19H25N5O2. The van der Waals surface area contributed by atoms with Gasteiger partial charge in [-0.05, 0) is 30.7 Å². The monoisotopic (exact) mass is 355 g/mol. The summed E-state index contributed by atoms with van der Waals surface area (Å²) in [6.07, 6.45) is 3.98. The van der Waals surface area contributed by atoms with Gasteiger partial charge in [-0.25, -0.2) is 9.97 Å². The maximum atomic E-state index is 12.3. The quantitative estimate of drug-likeness (QED) is 0.854. The molecule has 0 spiro atoms. The van der Waals surface area contributed by atoms with Crippen LogP contribution in [0.2, 0.25) is 0 Å². The highest BCUT2D eigenvalue weighted by atomic mass is 16.5. The largest absolute Gasteiger partial charge is 0.495 e. The van der Waals surface area contributed by atoms with E-state index in [1.54, 1.807) is 19.5 Å². The summed E-state index contributed by atoms with van der Waals surface area (Å²) in [6.45, 7) is 6.28. The van der Waals surface area contributed by atoms with E-state index >= 15 is 0 Å². The first-order chi connectivity index (χ1) is 12.7. The number of nitrogens with zero attached hydrogens (tertiary/aromatic N) is 4. The highest BCUT2D eigenvalue weighted by molar-refractivity contribution is 5.92. The van der Waals surface area contributed by atoms with Crippen LogP contribution in [0.15, 0.2) is 36.7 Å². The summed E-state index contributed by atoms with van der Waals surface area (Å²) in [5.41, 5.74) is 1.81. The van der Waals surface area contributed by atoms with Crippen molar-refractivity contribution in [1.29, 1.82) is 0 Å². The van der Waals surface area contributed by atoms with Crippen LogP contribution in [0.1, 0.15) is 12.0 Å². The third kappa shape index (κ3) is 4.70. The van der Waals surface area contributed by atoms with Crippen LogP contribution in [0.5, 0.6) is 5.75 Å². The Morgan fingerprint density at radius 2 is 1.92 bits per heavy atom. The molecule has 26 heavy (non-hydrogen) atoms. The normalized spacial score (nSPS) is 14.9. The smallest absolute Gasteiger partial charge is 0.225 e. The zero-order valence-electron chi connectivity index (χ0n) is 15.3. The Morgan fingerprint density at radius 1 is 1.19 bits per heavy atom. The van der Waals surface area contributed by atoms with Crippen LogP contribution in [-0.4, -0.2) is 60.6 Å². The van der Waals surface area contributed by atoms with E-state index in [0.29, 0.717) is 12.2 Å². The van der Waals surface area contributed by atoms with Crippen LogP contribution in [0.3, 0.4) is 0 Å². The number of benzene rings is 1. The lowest BCUT2D eigenvalue weighted by molar-refractivity contribution is -0.116. The number of amides is 1. The molecule has 0 radical (unpaired) electrons. The number of hydrogen-bond donors (Lipinski definition) is 1. The molecule has 1 aliphatic heterocycles. The van der Waals surface area contributed by atoms with E-state index in [1.165, 1.54) is 0 Å². The van der Waals surface area contributed by atoms with Crippen molar-refractivity contribution >= 4 is 17.5 Å². The first-order valence-electron chi connectivity index (χ1n) is 8.84. The van der Waals surface area contributed by atoms with E-state index in [2.05, 4.69) is 25.1 Å². The number of anilines is 2. The van der Waals surface area contributed by atoms with E-state index in [1.807, 2.05) is 31.2 Å². The fourth-order valence-electron chi connectivity index (χ4n) is 3.02. The number of aromatic nitrogens is 2. The molecule has 1 aromatic heterocycles. The van der Waals surface area contributed by atoms with Crippen molar-refractivity contribution in [3.05, 3.63) is 42.2 Å². The molecule has 138 valence electrons. The number of hydrogen-bond acceptors (Lipinski definition) is 6. The number of rotatable bonds is 6. The maximum absolute atomic E-state index is 12.3. The summed E-state index contributed by atoms with van der Waals surface area (Å²) in [4.78, 5) is 25.4. The number of aryl methyl sites for hydroxylation is 1. The van der Waals surface area contributed by atoms with Gasteiger partial charge in [0.15, 0.2) is 0 Å². The Bertz CT molecular complexity index is 730. The first-order valence-corrected chi connectivity index (χ1v) is 8.84. The molecule has 2 aromatic rings. The number of nitrogens with one attached hydrogen (secondary N) is 1. The van der Waals surface area contributed by atoms with Gasteiger partial charge >= 0.3 is 0 Å². The Morgan fingerprint density at radius 3 is 2.62 bits per heavy atom. The van der Waals surface area contributed by atoms with Gasteiger partial charge in [0.1, 0.15) is 5.75 Å². The highest BCUT2D eigenvalue weighted by Gasteiger charge is 2.19. The van der Waals surface area contributed by atoms with Gasteiger partial charge in [0.25, 0.3) is 0 Å². The van der Waals surface area contributed by atoms with Gasteiger partial charge < -0.3 is 15.0 Å². The third-order valence-corrected chi connectivity index (χ3v) is 4.49. The molecule has 0 bridgehead atoms. The summed E-state index contributed by atoms with van der Waals surface area (Å²) < 4.78 is 5.31. The Hall–Kier alpha value is -2.67. The van der Waals surface area contributed by atoms with Crippen molar-refractivity contribution in [3.63, 3.8) is 0 Å².